The lowest BCUT2D eigenvalue weighted by Crippen LogP contribution is -2.60. The lowest BCUT2D eigenvalue weighted by atomic mass is 9.60. The Labute approximate surface area is 137 Å². The van der Waals surface area contributed by atoms with Crippen molar-refractivity contribution in [1.82, 2.24) is 0 Å². The molecule has 0 aromatic heterocycles. The number of nitrogens with one attached hydrogen (secondary N) is 1. The van der Waals surface area contributed by atoms with Gasteiger partial charge in [-0.1, -0.05) is 36.0 Å². The van der Waals surface area contributed by atoms with E-state index in [2.05, 4.69) is 12.2 Å². The van der Waals surface area contributed by atoms with Gasteiger partial charge in [0.05, 0.1) is 16.8 Å². The first-order chi connectivity index (χ1) is 10.1. The van der Waals surface area contributed by atoms with Crippen molar-refractivity contribution in [2.75, 3.05) is 11.9 Å². The van der Waals surface area contributed by atoms with Gasteiger partial charge in [-0.2, -0.15) is 0 Å². The number of hydrogen-bond acceptors (Lipinski definition) is 2. The van der Waals surface area contributed by atoms with Gasteiger partial charge >= 0.3 is 0 Å². The molecule has 21 heavy (non-hydrogen) atoms. The molecule has 0 bridgehead atoms. The van der Waals surface area contributed by atoms with Gasteiger partial charge in [-0.3, -0.25) is 0 Å². The fourth-order valence-electron chi connectivity index (χ4n) is 4.03. The second-order valence-electron chi connectivity index (χ2n) is 6.40. The van der Waals surface area contributed by atoms with Crippen LogP contribution in [0.2, 0.25) is 10.0 Å². The van der Waals surface area contributed by atoms with E-state index in [-0.39, 0.29) is 0 Å². The zero-order valence-electron chi connectivity index (χ0n) is 12.7. The van der Waals surface area contributed by atoms with Crippen LogP contribution < -0.4 is 5.32 Å². The predicted molar refractivity (Wildman–Crippen MR) is 89.5 cm³/mol. The first-order valence-corrected chi connectivity index (χ1v) is 8.66. The molecule has 2 unspecified atom stereocenters. The Morgan fingerprint density at radius 1 is 1.24 bits per heavy atom. The summed E-state index contributed by atoms with van der Waals surface area (Å²) in [4.78, 5) is 0. The zero-order chi connectivity index (χ0) is 15.0. The maximum atomic E-state index is 6.37. The highest BCUT2D eigenvalue weighted by Crippen LogP contribution is 2.56. The van der Waals surface area contributed by atoms with Crippen LogP contribution in [0.5, 0.6) is 0 Å². The number of hydrogen-bond donors (Lipinski definition) is 1. The van der Waals surface area contributed by atoms with Crippen molar-refractivity contribution in [3.8, 4) is 0 Å². The summed E-state index contributed by atoms with van der Waals surface area (Å²) in [7, 11) is 0. The Bertz CT molecular complexity index is 526. The smallest absolute Gasteiger partial charge is 0.0670 e. The van der Waals surface area contributed by atoms with Gasteiger partial charge in [0.1, 0.15) is 0 Å². The van der Waals surface area contributed by atoms with E-state index in [1.54, 1.807) is 0 Å². The quantitative estimate of drug-likeness (QED) is 0.793. The van der Waals surface area contributed by atoms with Crippen LogP contribution >= 0.6 is 23.2 Å². The topological polar surface area (TPSA) is 21.3 Å². The number of anilines is 1. The summed E-state index contributed by atoms with van der Waals surface area (Å²) in [5.41, 5.74) is 2.28. The predicted octanol–water partition coefficient (Wildman–Crippen LogP) is 5.45. The average Bonchev–Trinajstić information content (AvgIpc) is 2.95. The number of aryl methyl sites for hydroxylation is 1. The third kappa shape index (κ3) is 2.67. The van der Waals surface area contributed by atoms with Crippen molar-refractivity contribution < 1.29 is 4.74 Å². The molecular weight excluding hydrogens is 305 g/mol. The maximum absolute atomic E-state index is 6.37. The van der Waals surface area contributed by atoms with E-state index in [1.807, 2.05) is 19.1 Å². The largest absolute Gasteiger partial charge is 0.380 e. The fourth-order valence-corrected chi connectivity index (χ4v) is 4.47. The highest BCUT2D eigenvalue weighted by Gasteiger charge is 2.56. The number of ether oxygens (including phenoxy) is 1. The molecule has 1 spiro atoms. The van der Waals surface area contributed by atoms with E-state index in [0.717, 1.165) is 34.3 Å². The third-order valence-electron chi connectivity index (χ3n) is 5.27. The molecule has 1 aromatic carbocycles. The lowest BCUT2D eigenvalue weighted by molar-refractivity contribution is -0.114. The number of rotatable bonds is 4. The summed E-state index contributed by atoms with van der Waals surface area (Å²) in [5, 5.41) is 5.16. The van der Waals surface area contributed by atoms with Crippen molar-refractivity contribution in [3.63, 3.8) is 0 Å². The molecule has 2 aliphatic carbocycles. The molecule has 2 nitrogen and oxygen atoms in total. The third-order valence-corrected chi connectivity index (χ3v) is 5.99. The number of halogens is 2. The molecule has 0 aliphatic heterocycles. The SMILES string of the molecule is CCOC1CC(Nc2cc(Cl)c(C)cc2Cl)C12CCCC2. The van der Waals surface area contributed by atoms with Crippen LogP contribution in [0.3, 0.4) is 0 Å². The molecule has 3 rings (SSSR count). The minimum absolute atomic E-state index is 0.302. The molecular formula is C17H23Cl2NO. The monoisotopic (exact) mass is 327 g/mol. The van der Waals surface area contributed by atoms with Crippen LogP contribution in [-0.2, 0) is 4.74 Å². The Balaban J connectivity index is 1.78. The lowest BCUT2D eigenvalue weighted by Gasteiger charge is -2.54. The van der Waals surface area contributed by atoms with E-state index in [9.17, 15) is 0 Å². The molecule has 2 aliphatic rings. The normalized spacial score (nSPS) is 26.9. The van der Waals surface area contributed by atoms with Crippen LogP contribution in [0.25, 0.3) is 0 Å². The van der Waals surface area contributed by atoms with Gasteiger partial charge in [0.25, 0.3) is 0 Å². The average molecular weight is 328 g/mol. The van der Waals surface area contributed by atoms with E-state index in [4.69, 9.17) is 27.9 Å². The molecule has 2 atom stereocenters. The number of benzene rings is 1. The minimum Gasteiger partial charge on any atom is -0.380 e. The molecule has 0 saturated heterocycles. The first-order valence-electron chi connectivity index (χ1n) is 7.90. The van der Waals surface area contributed by atoms with Crippen molar-refractivity contribution in [3.05, 3.63) is 27.7 Å². The van der Waals surface area contributed by atoms with Gasteiger partial charge in [0.15, 0.2) is 0 Å². The summed E-state index contributed by atoms with van der Waals surface area (Å²) in [6.45, 7) is 4.86. The maximum Gasteiger partial charge on any atom is 0.0670 e. The fraction of sp³-hybridized carbons (Fsp3) is 0.647. The molecule has 2 fully saturated rings. The first kappa shape index (κ1) is 15.5. The van der Waals surface area contributed by atoms with E-state index in [0.29, 0.717) is 17.6 Å². The second-order valence-corrected chi connectivity index (χ2v) is 7.21. The van der Waals surface area contributed by atoms with Gasteiger partial charge in [-0.05, 0) is 50.8 Å². The van der Waals surface area contributed by atoms with Crippen LogP contribution in [0, 0.1) is 12.3 Å². The van der Waals surface area contributed by atoms with Crippen LogP contribution in [0.15, 0.2) is 12.1 Å². The van der Waals surface area contributed by atoms with Gasteiger partial charge in [0, 0.05) is 23.1 Å². The summed E-state index contributed by atoms with van der Waals surface area (Å²) in [5.74, 6) is 0. The Hall–Kier alpha value is -0.440. The molecule has 1 aromatic rings. The molecule has 1 N–H and O–H groups in total. The summed E-state index contributed by atoms with van der Waals surface area (Å²) in [6, 6.07) is 4.34. The van der Waals surface area contributed by atoms with Crippen molar-refractivity contribution in [1.29, 1.82) is 0 Å². The van der Waals surface area contributed by atoms with E-state index < -0.39 is 0 Å². The van der Waals surface area contributed by atoms with Crippen molar-refractivity contribution in [2.45, 2.75) is 58.1 Å². The summed E-state index contributed by atoms with van der Waals surface area (Å²) in [6.07, 6.45) is 6.60. The van der Waals surface area contributed by atoms with E-state index in [1.165, 1.54) is 25.7 Å². The highest BCUT2D eigenvalue weighted by molar-refractivity contribution is 6.35. The second kappa shape index (κ2) is 5.98. The Morgan fingerprint density at radius 2 is 1.95 bits per heavy atom. The van der Waals surface area contributed by atoms with E-state index >= 15 is 0 Å². The van der Waals surface area contributed by atoms with Gasteiger partial charge in [-0.15, -0.1) is 0 Å². The molecule has 0 heterocycles. The molecule has 0 amide bonds. The molecule has 116 valence electrons. The van der Waals surface area contributed by atoms with Crippen LogP contribution in [0.4, 0.5) is 5.69 Å². The summed E-state index contributed by atoms with van der Waals surface area (Å²) < 4.78 is 5.96. The van der Waals surface area contributed by atoms with Crippen LogP contribution in [0.1, 0.15) is 44.6 Å². The van der Waals surface area contributed by atoms with Gasteiger partial charge in [0.2, 0.25) is 0 Å². The summed E-state index contributed by atoms with van der Waals surface area (Å²) >= 11 is 12.6. The Kier molecular flexibility index (Phi) is 4.40. The van der Waals surface area contributed by atoms with Gasteiger partial charge < -0.3 is 10.1 Å². The molecule has 4 heteroatoms. The van der Waals surface area contributed by atoms with Crippen molar-refractivity contribution >= 4 is 28.9 Å². The molecule has 0 radical (unpaired) electrons. The van der Waals surface area contributed by atoms with Crippen LogP contribution in [-0.4, -0.2) is 18.8 Å². The highest BCUT2D eigenvalue weighted by atomic mass is 35.5. The zero-order valence-corrected chi connectivity index (χ0v) is 14.2. The Morgan fingerprint density at radius 3 is 2.62 bits per heavy atom. The molecule has 2 saturated carbocycles. The van der Waals surface area contributed by atoms with Crippen molar-refractivity contribution in [2.24, 2.45) is 5.41 Å². The minimum atomic E-state index is 0.302. The standard InChI is InChI=1S/C17H23Cl2NO/c1-3-21-16-10-15(17(16)6-4-5-7-17)20-14-9-12(18)11(2)8-13(14)19/h8-9,15-16,20H,3-7,10H2,1-2H3. The van der Waals surface area contributed by atoms with Gasteiger partial charge in [-0.25, -0.2) is 0 Å².